The maximum atomic E-state index is 13.1. The monoisotopic (exact) mass is 387 g/mol. The summed E-state index contributed by atoms with van der Waals surface area (Å²) in [5.74, 6) is 0.132. The van der Waals surface area contributed by atoms with E-state index in [0.717, 1.165) is 34.6 Å². The smallest absolute Gasteiger partial charge is 0.163 e. The van der Waals surface area contributed by atoms with Crippen LogP contribution in [0.4, 0.5) is 11.4 Å². The minimum atomic E-state index is -0.338. The van der Waals surface area contributed by atoms with Crippen molar-refractivity contribution >= 4 is 40.4 Å². The lowest BCUT2D eigenvalue weighted by Gasteiger charge is -2.34. The van der Waals surface area contributed by atoms with Crippen LogP contribution in [0.3, 0.4) is 0 Å². The first-order valence-corrected chi connectivity index (χ1v) is 9.28. The SMILES string of the molecule is CC1(C)CC(=O)C2=C(C1)Nc1cnccc1NC2c1ccc(Cl)cc1Cl. The third-order valence-corrected chi connectivity index (χ3v) is 5.45. The molecule has 0 saturated carbocycles. The lowest BCUT2D eigenvalue weighted by Crippen LogP contribution is -2.31. The maximum absolute atomic E-state index is 13.1. The van der Waals surface area contributed by atoms with Crippen LogP contribution in [0.15, 0.2) is 47.9 Å². The van der Waals surface area contributed by atoms with Crippen molar-refractivity contribution in [2.45, 2.75) is 32.7 Å². The molecule has 0 spiro atoms. The summed E-state index contributed by atoms with van der Waals surface area (Å²) in [6, 6.07) is 6.95. The molecule has 6 heteroatoms. The average molecular weight is 388 g/mol. The summed E-state index contributed by atoms with van der Waals surface area (Å²) in [4.78, 5) is 17.3. The second-order valence-electron chi connectivity index (χ2n) is 7.62. The number of nitrogens with one attached hydrogen (secondary N) is 2. The molecule has 0 saturated heterocycles. The van der Waals surface area contributed by atoms with Crippen LogP contribution in [-0.4, -0.2) is 10.8 Å². The standard InChI is InChI=1S/C20H19Cl2N3O/c1-20(2)8-15-18(17(26)9-20)19(12-4-3-11(21)7-13(12)22)25-14-5-6-23-10-16(14)24-15/h3-7,10,19,24-25H,8-9H2,1-2H3. The van der Waals surface area contributed by atoms with E-state index in [1.165, 1.54) is 0 Å². The predicted octanol–water partition coefficient (Wildman–Crippen LogP) is 5.61. The normalized spacial score (nSPS) is 21.2. The molecule has 1 aliphatic carbocycles. The van der Waals surface area contributed by atoms with Gasteiger partial charge in [-0.25, -0.2) is 0 Å². The Morgan fingerprint density at radius 3 is 2.73 bits per heavy atom. The van der Waals surface area contributed by atoms with Crippen molar-refractivity contribution in [2.24, 2.45) is 5.41 Å². The van der Waals surface area contributed by atoms with E-state index < -0.39 is 0 Å². The molecule has 2 heterocycles. The Balaban J connectivity index is 1.91. The van der Waals surface area contributed by atoms with E-state index in [1.807, 2.05) is 12.1 Å². The largest absolute Gasteiger partial charge is 0.372 e. The number of halogens is 2. The molecular weight excluding hydrogens is 369 g/mol. The second kappa shape index (κ2) is 6.29. The summed E-state index contributed by atoms with van der Waals surface area (Å²) >= 11 is 12.6. The Labute approximate surface area is 162 Å². The number of nitrogens with zero attached hydrogens (tertiary/aromatic N) is 1. The third-order valence-electron chi connectivity index (χ3n) is 4.89. The van der Waals surface area contributed by atoms with Crippen LogP contribution in [0.2, 0.25) is 10.0 Å². The van der Waals surface area contributed by atoms with Crippen LogP contribution in [0.5, 0.6) is 0 Å². The van der Waals surface area contributed by atoms with Gasteiger partial charge in [-0.2, -0.15) is 0 Å². The van der Waals surface area contributed by atoms with Crippen LogP contribution in [-0.2, 0) is 4.79 Å². The number of carbonyl (C=O) groups excluding carboxylic acids is 1. The number of Topliss-reactive ketones (excluding diaryl/α,β-unsaturated/α-hetero) is 1. The summed E-state index contributed by atoms with van der Waals surface area (Å²) in [6.07, 6.45) is 4.78. The molecular formula is C20H19Cl2N3O. The van der Waals surface area contributed by atoms with Crippen LogP contribution in [0, 0.1) is 5.41 Å². The van der Waals surface area contributed by atoms with Gasteiger partial charge in [0.25, 0.3) is 0 Å². The molecule has 4 nitrogen and oxygen atoms in total. The van der Waals surface area contributed by atoms with Gasteiger partial charge in [-0.1, -0.05) is 43.1 Å². The van der Waals surface area contributed by atoms with Gasteiger partial charge in [0.1, 0.15) is 0 Å². The van der Waals surface area contributed by atoms with Crippen molar-refractivity contribution in [1.82, 2.24) is 4.98 Å². The fraction of sp³-hybridized carbons (Fsp3) is 0.300. The van der Waals surface area contributed by atoms with Gasteiger partial charge in [-0.3, -0.25) is 9.78 Å². The van der Waals surface area contributed by atoms with Crippen molar-refractivity contribution in [3.8, 4) is 0 Å². The van der Waals surface area contributed by atoms with Crippen molar-refractivity contribution in [1.29, 1.82) is 0 Å². The van der Waals surface area contributed by atoms with Gasteiger partial charge in [0.05, 0.1) is 23.6 Å². The molecule has 1 unspecified atom stereocenters. The third kappa shape index (κ3) is 3.08. The molecule has 26 heavy (non-hydrogen) atoms. The first kappa shape index (κ1) is 17.4. The molecule has 0 radical (unpaired) electrons. The van der Waals surface area contributed by atoms with Crippen LogP contribution >= 0.6 is 23.2 Å². The number of hydrogen-bond acceptors (Lipinski definition) is 4. The molecule has 1 aliphatic heterocycles. The summed E-state index contributed by atoms with van der Waals surface area (Å²) in [5, 5.41) is 8.04. The Hall–Kier alpha value is -2.04. The van der Waals surface area contributed by atoms with E-state index >= 15 is 0 Å². The van der Waals surface area contributed by atoms with E-state index in [9.17, 15) is 4.79 Å². The first-order chi connectivity index (χ1) is 12.3. The first-order valence-electron chi connectivity index (χ1n) is 8.53. The fourth-order valence-corrected chi connectivity index (χ4v) is 4.28. The van der Waals surface area contributed by atoms with E-state index in [2.05, 4.69) is 29.5 Å². The summed E-state index contributed by atoms with van der Waals surface area (Å²) in [6.45, 7) is 4.23. The summed E-state index contributed by atoms with van der Waals surface area (Å²) in [7, 11) is 0. The van der Waals surface area contributed by atoms with Gasteiger partial charge >= 0.3 is 0 Å². The molecule has 2 aromatic rings. The number of pyridine rings is 1. The van der Waals surface area contributed by atoms with Gasteiger partial charge in [0, 0.05) is 33.9 Å². The molecule has 1 atom stereocenters. The molecule has 2 aliphatic rings. The number of carbonyl (C=O) groups is 1. The Bertz CT molecular complexity index is 936. The number of aromatic nitrogens is 1. The molecule has 1 aromatic heterocycles. The van der Waals surface area contributed by atoms with E-state index in [4.69, 9.17) is 23.2 Å². The van der Waals surface area contributed by atoms with Gasteiger partial charge < -0.3 is 10.6 Å². The van der Waals surface area contributed by atoms with Gasteiger partial charge in [0.2, 0.25) is 0 Å². The highest BCUT2D eigenvalue weighted by Crippen LogP contribution is 2.46. The average Bonchev–Trinajstić information content (AvgIpc) is 2.69. The Kier molecular flexibility index (Phi) is 4.20. The van der Waals surface area contributed by atoms with Crippen molar-refractivity contribution < 1.29 is 4.79 Å². The number of rotatable bonds is 1. The Morgan fingerprint density at radius 2 is 1.96 bits per heavy atom. The number of benzene rings is 1. The van der Waals surface area contributed by atoms with Crippen LogP contribution in [0.1, 0.15) is 38.3 Å². The fourth-order valence-electron chi connectivity index (χ4n) is 3.76. The highest BCUT2D eigenvalue weighted by molar-refractivity contribution is 6.35. The molecule has 134 valence electrons. The van der Waals surface area contributed by atoms with Crippen LogP contribution in [0.25, 0.3) is 0 Å². The zero-order valence-corrected chi connectivity index (χ0v) is 16.1. The number of hydrogen-bond donors (Lipinski definition) is 2. The minimum absolute atomic E-state index is 0.0933. The number of anilines is 2. The summed E-state index contributed by atoms with van der Waals surface area (Å²) < 4.78 is 0. The summed E-state index contributed by atoms with van der Waals surface area (Å²) in [5.41, 5.74) is 4.16. The van der Waals surface area contributed by atoms with E-state index in [0.29, 0.717) is 16.5 Å². The predicted molar refractivity (Wildman–Crippen MR) is 106 cm³/mol. The number of allylic oxidation sites excluding steroid dienone is 1. The molecule has 4 rings (SSSR count). The molecule has 0 fully saturated rings. The molecule has 2 N–H and O–H groups in total. The van der Waals surface area contributed by atoms with Crippen molar-refractivity contribution in [2.75, 3.05) is 10.6 Å². The molecule has 1 aromatic carbocycles. The zero-order chi connectivity index (χ0) is 18.5. The minimum Gasteiger partial charge on any atom is -0.372 e. The van der Waals surface area contributed by atoms with Crippen molar-refractivity contribution in [3.05, 3.63) is 63.5 Å². The number of fused-ring (bicyclic) bond motifs is 1. The zero-order valence-electron chi connectivity index (χ0n) is 14.6. The van der Waals surface area contributed by atoms with Gasteiger partial charge in [0.15, 0.2) is 5.78 Å². The highest BCUT2D eigenvalue weighted by Gasteiger charge is 2.39. The van der Waals surface area contributed by atoms with Gasteiger partial charge in [-0.15, -0.1) is 0 Å². The quantitative estimate of drug-likeness (QED) is 0.667. The molecule has 0 amide bonds. The van der Waals surface area contributed by atoms with E-state index in [-0.39, 0.29) is 17.2 Å². The molecule has 0 bridgehead atoms. The number of ketones is 1. The lowest BCUT2D eigenvalue weighted by atomic mass is 9.73. The van der Waals surface area contributed by atoms with E-state index in [1.54, 1.807) is 24.5 Å². The van der Waals surface area contributed by atoms with Crippen molar-refractivity contribution in [3.63, 3.8) is 0 Å². The highest BCUT2D eigenvalue weighted by atomic mass is 35.5. The second-order valence-corrected chi connectivity index (χ2v) is 8.47. The topological polar surface area (TPSA) is 54.0 Å². The maximum Gasteiger partial charge on any atom is 0.163 e. The Morgan fingerprint density at radius 1 is 1.15 bits per heavy atom. The van der Waals surface area contributed by atoms with Gasteiger partial charge in [-0.05, 0) is 35.6 Å². The van der Waals surface area contributed by atoms with Crippen LogP contribution < -0.4 is 10.6 Å². The lowest BCUT2D eigenvalue weighted by molar-refractivity contribution is -0.118.